The van der Waals surface area contributed by atoms with Gasteiger partial charge in [-0.2, -0.15) is 30.7 Å². The molecular weight excluding hydrogens is 357 g/mol. The fourth-order valence-corrected chi connectivity index (χ4v) is 1.17. The van der Waals surface area contributed by atoms with Crippen LogP contribution in [0.25, 0.3) is 0 Å². The maximum atomic E-state index is 12.9. The Hall–Kier alpha value is -1.14. The van der Waals surface area contributed by atoms with Crippen LogP contribution in [-0.2, 0) is 23.7 Å². The Morgan fingerprint density at radius 1 is 0.750 bits per heavy atom. The van der Waals surface area contributed by atoms with Crippen molar-refractivity contribution in [2.45, 2.75) is 24.9 Å². The van der Waals surface area contributed by atoms with Crippen LogP contribution in [0.15, 0.2) is 0 Å². The van der Waals surface area contributed by atoms with E-state index in [-0.39, 0.29) is 19.8 Å². The van der Waals surface area contributed by atoms with Crippen LogP contribution in [-0.4, -0.2) is 70.2 Å². The summed E-state index contributed by atoms with van der Waals surface area (Å²) in [4.78, 5) is 10.7. The first-order valence-electron chi connectivity index (χ1n) is 6.71. The molecule has 0 aliphatic rings. The number of esters is 1. The van der Waals surface area contributed by atoms with Crippen molar-refractivity contribution in [3.8, 4) is 0 Å². The van der Waals surface area contributed by atoms with Gasteiger partial charge in [0.2, 0.25) is 0 Å². The number of rotatable bonds is 12. The maximum Gasteiger partial charge on any atom is 0.460 e. The van der Waals surface area contributed by atoms with E-state index < -0.39 is 37.2 Å². The predicted octanol–water partition coefficient (Wildman–Crippen LogP) is 2.43. The highest BCUT2D eigenvalue weighted by Gasteiger charge is 2.77. The lowest BCUT2D eigenvalue weighted by Crippen LogP contribution is -2.56. The van der Waals surface area contributed by atoms with Crippen molar-refractivity contribution >= 4 is 5.97 Å². The van der Waals surface area contributed by atoms with Gasteiger partial charge in [0.15, 0.2) is 0 Å². The minimum atomic E-state index is -6.59. The van der Waals surface area contributed by atoms with Crippen molar-refractivity contribution in [1.82, 2.24) is 0 Å². The third-order valence-corrected chi connectivity index (χ3v) is 2.42. The van der Waals surface area contributed by atoms with Crippen molar-refractivity contribution in [3.05, 3.63) is 0 Å². The first-order valence-corrected chi connectivity index (χ1v) is 6.71. The minimum Gasteiger partial charge on any atom is -0.459 e. The van der Waals surface area contributed by atoms with Crippen molar-refractivity contribution in [2.24, 2.45) is 0 Å². The number of alkyl halides is 7. The van der Waals surface area contributed by atoms with E-state index in [1.165, 1.54) is 0 Å². The first-order chi connectivity index (χ1) is 11.0. The molecule has 0 spiro atoms. The van der Waals surface area contributed by atoms with Gasteiger partial charge >= 0.3 is 24.0 Å². The molecule has 0 heterocycles. The number of hydrogen-bond donors (Lipinski definition) is 0. The van der Waals surface area contributed by atoms with Crippen molar-refractivity contribution in [2.75, 3.05) is 46.2 Å². The average molecular weight is 374 g/mol. The van der Waals surface area contributed by atoms with Gasteiger partial charge in [0.05, 0.1) is 33.0 Å². The minimum absolute atomic E-state index is 0.0290. The number of carbonyl (C=O) groups excluding carboxylic acids is 1. The summed E-state index contributed by atoms with van der Waals surface area (Å²) in [6.07, 6.45) is -6.59. The molecule has 5 nitrogen and oxygen atoms in total. The molecule has 0 unspecified atom stereocenters. The zero-order valence-electron chi connectivity index (χ0n) is 12.6. The molecule has 144 valence electrons. The van der Waals surface area contributed by atoms with Crippen LogP contribution in [0.3, 0.4) is 0 Å². The molecule has 0 amide bonds. The Balaban J connectivity index is 3.98. The van der Waals surface area contributed by atoms with Crippen LogP contribution >= 0.6 is 0 Å². The van der Waals surface area contributed by atoms with Gasteiger partial charge in [-0.05, 0) is 6.92 Å². The van der Waals surface area contributed by atoms with Crippen molar-refractivity contribution in [1.29, 1.82) is 0 Å². The molecule has 0 saturated carbocycles. The standard InChI is InChI=1S/C12H17F7O5/c1-2-21-3-4-22-5-6-23-7-8-24-9(20)10(13,14)11(15,16)12(17,18)19/h2-8H2,1H3. The van der Waals surface area contributed by atoms with E-state index in [0.717, 1.165) is 0 Å². The Labute approximate surface area is 133 Å². The van der Waals surface area contributed by atoms with Gasteiger partial charge in [-0.1, -0.05) is 0 Å². The lowest BCUT2D eigenvalue weighted by molar-refractivity contribution is -0.348. The summed E-state index contributed by atoms with van der Waals surface area (Å²) in [5.41, 5.74) is 0. The maximum absolute atomic E-state index is 12.9. The van der Waals surface area contributed by atoms with Gasteiger partial charge in [0.25, 0.3) is 0 Å². The van der Waals surface area contributed by atoms with Crippen molar-refractivity contribution < 1.29 is 54.5 Å². The van der Waals surface area contributed by atoms with Crippen LogP contribution in [0, 0.1) is 0 Å². The molecule has 0 aromatic carbocycles. The van der Waals surface area contributed by atoms with E-state index >= 15 is 0 Å². The van der Waals surface area contributed by atoms with Gasteiger partial charge in [0.1, 0.15) is 6.61 Å². The SMILES string of the molecule is CCOCCOCCOCCOC(=O)C(F)(F)C(F)(F)C(F)(F)F. The lowest BCUT2D eigenvalue weighted by Gasteiger charge is -2.26. The quantitative estimate of drug-likeness (QED) is 0.298. The number of halogens is 7. The Morgan fingerprint density at radius 3 is 1.58 bits per heavy atom. The summed E-state index contributed by atoms with van der Waals surface area (Å²) < 4.78 is 105. The predicted molar refractivity (Wildman–Crippen MR) is 65.0 cm³/mol. The molecule has 0 fully saturated rings. The molecule has 0 atom stereocenters. The van der Waals surface area contributed by atoms with Crippen LogP contribution in [0.2, 0.25) is 0 Å². The van der Waals surface area contributed by atoms with E-state index in [9.17, 15) is 35.5 Å². The van der Waals surface area contributed by atoms with Crippen LogP contribution in [0.4, 0.5) is 30.7 Å². The fraction of sp³-hybridized carbons (Fsp3) is 0.917. The summed E-state index contributed by atoms with van der Waals surface area (Å²) in [5.74, 6) is -15.6. The molecule has 0 rings (SSSR count). The summed E-state index contributed by atoms with van der Waals surface area (Å²) in [7, 11) is 0. The van der Waals surface area contributed by atoms with E-state index in [2.05, 4.69) is 4.74 Å². The monoisotopic (exact) mass is 374 g/mol. The highest BCUT2D eigenvalue weighted by atomic mass is 19.4. The normalized spacial score (nSPS) is 13.2. The van der Waals surface area contributed by atoms with E-state index in [1.54, 1.807) is 6.92 Å². The Kier molecular flexibility index (Phi) is 9.51. The second-order valence-corrected chi connectivity index (χ2v) is 4.20. The van der Waals surface area contributed by atoms with Crippen LogP contribution < -0.4 is 0 Å². The molecule has 0 aliphatic heterocycles. The smallest absolute Gasteiger partial charge is 0.459 e. The Morgan fingerprint density at radius 2 is 1.17 bits per heavy atom. The zero-order valence-corrected chi connectivity index (χ0v) is 12.6. The number of ether oxygens (including phenoxy) is 4. The highest BCUT2D eigenvalue weighted by Crippen LogP contribution is 2.46. The molecule has 0 aromatic heterocycles. The molecule has 24 heavy (non-hydrogen) atoms. The first kappa shape index (κ1) is 22.9. The molecule has 0 saturated heterocycles. The van der Waals surface area contributed by atoms with Gasteiger partial charge in [0, 0.05) is 6.61 Å². The van der Waals surface area contributed by atoms with Gasteiger partial charge in [-0.15, -0.1) is 0 Å². The second kappa shape index (κ2) is 9.99. The van der Waals surface area contributed by atoms with E-state index in [0.29, 0.717) is 13.2 Å². The average Bonchev–Trinajstić information content (AvgIpc) is 2.47. The molecule has 0 N–H and O–H groups in total. The largest absolute Gasteiger partial charge is 0.460 e. The molecule has 12 heteroatoms. The van der Waals surface area contributed by atoms with Crippen molar-refractivity contribution in [3.63, 3.8) is 0 Å². The van der Waals surface area contributed by atoms with E-state index in [1.807, 2.05) is 0 Å². The third kappa shape index (κ3) is 6.77. The molecule has 0 aliphatic carbocycles. The number of carbonyl (C=O) groups is 1. The third-order valence-electron chi connectivity index (χ3n) is 2.42. The summed E-state index contributed by atoms with van der Waals surface area (Å²) in [6, 6.07) is 0. The zero-order chi connectivity index (χ0) is 18.9. The van der Waals surface area contributed by atoms with E-state index in [4.69, 9.17) is 14.2 Å². The van der Waals surface area contributed by atoms with Crippen LogP contribution in [0.5, 0.6) is 0 Å². The Bertz CT molecular complexity index is 373. The summed E-state index contributed by atoms with van der Waals surface area (Å²) in [6.45, 7) is 1.63. The summed E-state index contributed by atoms with van der Waals surface area (Å²) >= 11 is 0. The molecule has 0 radical (unpaired) electrons. The lowest BCUT2D eigenvalue weighted by atomic mass is 10.1. The van der Waals surface area contributed by atoms with Gasteiger partial charge < -0.3 is 18.9 Å². The van der Waals surface area contributed by atoms with Gasteiger partial charge in [-0.3, -0.25) is 0 Å². The number of hydrogen-bond acceptors (Lipinski definition) is 5. The summed E-state index contributed by atoms with van der Waals surface area (Å²) in [5, 5.41) is 0. The fourth-order valence-electron chi connectivity index (χ4n) is 1.17. The second-order valence-electron chi connectivity index (χ2n) is 4.20. The molecular formula is C12H17F7O5. The van der Waals surface area contributed by atoms with Gasteiger partial charge in [-0.25, -0.2) is 4.79 Å². The molecule has 0 aromatic rings. The topological polar surface area (TPSA) is 54.0 Å². The van der Waals surface area contributed by atoms with Crippen LogP contribution in [0.1, 0.15) is 6.92 Å². The molecule has 0 bridgehead atoms. The highest BCUT2D eigenvalue weighted by molar-refractivity contribution is 5.79.